The van der Waals surface area contributed by atoms with E-state index in [1.165, 1.54) is 6.07 Å². The lowest BCUT2D eigenvalue weighted by Gasteiger charge is -2.03. The molecule has 0 fully saturated rings. The molecule has 0 aliphatic heterocycles. The van der Waals surface area contributed by atoms with E-state index in [1.54, 1.807) is 6.92 Å². The van der Waals surface area contributed by atoms with E-state index >= 15 is 0 Å². The van der Waals surface area contributed by atoms with E-state index in [0.29, 0.717) is 17.1 Å². The van der Waals surface area contributed by atoms with Crippen LogP contribution in [0.4, 0.5) is 5.82 Å². The van der Waals surface area contributed by atoms with Crippen molar-refractivity contribution < 1.29 is 9.32 Å². The van der Waals surface area contributed by atoms with E-state index in [1.807, 2.05) is 25.1 Å². The minimum Gasteiger partial charge on any atom is -0.356 e. The van der Waals surface area contributed by atoms with Gasteiger partial charge in [-0.15, -0.1) is 0 Å². The van der Waals surface area contributed by atoms with Gasteiger partial charge in [0.25, 0.3) is 5.56 Å². The maximum atomic E-state index is 12.1. The van der Waals surface area contributed by atoms with Crippen LogP contribution in [0.5, 0.6) is 0 Å². The van der Waals surface area contributed by atoms with Crippen molar-refractivity contribution in [2.45, 2.75) is 20.3 Å². The van der Waals surface area contributed by atoms with Crippen molar-refractivity contribution in [2.75, 3.05) is 5.32 Å². The Morgan fingerprint density at radius 3 is 2.91 bits per heavy atom. The highest BCUT2D eigenvalue weighted by Crippen LogP contribution is 2.20. The zero-order valence-corrected chi connectivity index (χ0v) is 12.1. The van der Waals surface area contributed by atoms with Crippen molar-refractivity contribution in [3.63, 3.8) is 0 Å². The van der Waals surface area contributed by atoms with Gasteiger partial charge in [0.05, 0.1) is 6.42 Å². The molecular weight excluding hydrogens is 284 g/mol. The Morgan fingerprint density at radius 1 is 1.32 bits per heavy atom. The maximum absolute atomic E-state index is 12.1. The molecule has 0 unspecified atom stereocenters. The SMILES string of the molecule is Cc1ccc2onc(CC(=O)Nc3cc(=O)[nH]c(C)n3)c2c1. The largest absolute Gasteiger partial charge is 0.356 e. The van der Waals surface area contributed by atoms with Gasteiger partial charge in [-0.05, 0) is 26.0 Å². The zero-order valence-electron chi connectivity index (χ0n) is 12.1. The van der Waals surface area contributed by atoms with Gasteiger partial charge in [0, 0.05) is 11.5 Å². The normalized spacial score (nSPS) is 10.8. The molecule has 7 nitrogen and oxygen atoms in total. The molecule has 0 atom stereocenters. The number of amides is 1. The Kier molecular flexibility index (Phi) is 3.46. The van der Waals surface area contributed by atoms with E-state index in [9.17, 15) is 9.59 Å². The molecule has 2 aromatic heterocycles. The lowest BCUT2D eigenvalue weighted by atomic mass is 10.1. The van der Waals surface area contributed by atoms with Gasteiger partial charge in [0.1, 0.15) is 17.3 Å². The number of nitrogens with zero attached hydrogens (tertiary/aromatic N) is 2. The smallest absolute Gasteiger partial charge is 0.252 e. The van der Waals surface area contributed by atoms with Crippen molar-refractivity contribution in [1.29, 1.82) is 0 Å². The summed E-state index contributed by atoms with van der Waals surface area (Å²) in [5, 5.41) is 7.33. The lowest BCUT2D eigenvalue weighted by molar-refractivity contribution is -0.115. The fourth-order valence-corrected chi connectivity index (χ4v) is 2.21. The van der Waals surface area contributed by atoms with E-state index in [-0.39, 0.29) is 23.7 Å². The summed E-state index contributed by atoms with van der Waals surface area (Å²) in [4.78, 5) is 30.0. The molecule has 2 heterocycles. The topological polar surface area (TPSA) is 101 Å². The maximum Gasteiger partial charge on any atom is 0.252 e. The Morgan fingerprint density at radius 2 is 2.14 bits per heavy atom. The van der Waals surface area contributed by atoms with Gasteiger partial charge in [0.2, 0.25) is 5.91 Å². The van der Waals surface area contributed by atoms with Crippen molar-refractivity contribution in [2.24, 2.45) is 0 Å². The molecule has 1 aromatic carbocycles. The Balaban J connectivity index is 1.81. The van der Waals surface area contributed by atoms with Crippen LogP contribution in [0.2, 0.25) is 0 Å². The number of fused-ring (bicyclic) bond motifs is 1. The molecule has 0 saturated heterocycles. The van der Waals surface area contributed by atoms with E-state index in [0.717, 1.165) is 10.9 Å². The van der Waals surface area contributed by atoms with Crippen LogP contribution in [-0.4, -0.2) is 21.0 Å². The third kappa shape index (κ3) is 2.88. The van der Waals surface area contributed by atoms with Gasteiger partial charge in [-0.3, -0.25) is 9.59 Å². The minimum atomic E-state index is -0.315. The number of rotatable bonds is 3. The molecular formula is C15H14N4O3. The number of benzene rings is 1. The monoisotopic (exact) mass is 298 g/mol. The molecule has 2 N–H and O–H groups in total. The van der Waals surface area contributed by atoms with Crippen LogP contribution in [0.15, 0.2) is 33.6 Å². The predicted molar refractivity (Wildman–Crippen MR) is 80.7 cm³/mol. The Hall–Kier alpha value is -2.96. The van der Waals surface area contributed by atoms with Crippen molar-refractivity contribution in [1.82, 2.24) is 15.1 Å². The van der Waals surface area contributed by atoms with Crippen molar-refractivity contribution >= 4 is 22.7 Å². The van der Waals surface area contributed by atoms with Crippen molar-refractivity contribution in [3.8, 4) is 0 Å². The van der Waals surface area contributed by atoms with Crippen LogP contribution in [0.1, 0.15) is 17.1 Å². The molecule has 22 heavy (non-hydrogen) atoms. The standard InChI is InChI=1S/C15H14N4O3/c1-8-3-4-12-10(5-8)11(19-22-12)6-14(20)18-13-7-15(21)17-9(2)16-13/h3-5,7H,6H2,1-2H3,(H2,16,17,18,20,21). The number of hydrogen-bond donors (Lipinski definition) is 2. The molecule has 0 aliphatic carbocycles. The number of anilines is 1. The van der Waals surface area contributed by atoms with Gasteiger partial charge in [-0.1, -0.05) is 16.8 Å². The van der Waals surface area contributed by atoms with Gasteiger partial charge in [0.15, 0.2) is 5.58 Å². The molecule has 112 valence electrons. The quantitative estimate of drug-likeness (QED) is 0.766. The first-order valence-corrected chi connectivity index (χ1v) is 6.74. The van der Waals surface area contributed by atoms with Crippen LogP contribution in [0.25, 0.3) is 11.0 Å². The van der Waals surface area contributed by atoms with Crippen LogP contribution in [0, 0.1) is 13.8 Å². The summed E-state index contributed by atoms with van der Waals surface area (Å²) in [5.41, 5.74) is 1.94. The summed E-state index contributed by atoms with van der Waals surface area (Å²) < 4.78 is 5.19. The second-order valence-corrected chi connectivity index (χ2v) is 5.07. The van der Waals surface area contributed by atoms with Crippen LogP contribution in [0.3, 0.4) is 0 Å². The molecule has 0 aliphatic rings. The van der Waals surface area contributed by atoms with Crippen LogP contribution >= 0.6 is 0 Å². The Bertz CT molecular complexity index is 911. The molecule has 3 aromatic rings. The number of aryl methyl sites for hydroxylation is 2. The highest BCUT2D eigenvalue weighted by molar-refractivity contribution is 5.94. The molecule has 1 amide bonds. The number of aromatic amines is 1. The zero-order chi connectivity index (χ0) is 15.7. The second-order valence-electron chi connectivity index (χ2n) is 5.07. The fourth-order valence-electron chi connectivity index (χ4n) is 2.21. The van der Waals surface area contributed by atoms with E-state index in [2.05, 4.69) is 20.4 Å². The van der Waals surface area contributed by atoms with E-state index < -0.39 is 0 Å². The number of carbonyl (C=O) groups excluding carboxylic acids is 1. The summed E-state index contributed by atoms with van der Waals surface area (Å²) in [5.74, 6) is 0.342. The summed E-state index contributed by atoms with van der Waals surface area (Å²) in [6, 6.07) is 6.89. The Labute approximate surface area is 125 Å². The summed E-state index contributed by atoms with van der Waals surface area (Å²) in [6.45, 7) is 3.60. The fraction of sp³-hybridized carbons (Fsp3) is 0.200. The average Bonchev–Trinajstić information content (AvgIpc) is 2.80. The van der Waals surface area contributed by atoms with E-state index in [4.69, 9.17) is 4.52 Å². The average molecular weight is 298 g/mol. The molecule has 7 heteroatoms. The minimum absolute atomic E-state index is 0.0456. The summed E-state index contributed by atoms with van der Waals surface area (Å²) in [7, 11) is 0. The molecule has 0 radical (unpaired) electrons. The molecule has 0 saturated carbocycles. The molecule has 0 spiro atoms. The first-order valence-electron chi connectivity index (χ1n) is 6.74. The predicted octanol–water partition coefficient (Wildman–Crippen LogP) is 1.71. The van der Waals surface area contributed by atoms with Gasteiger partial charge in [-0.2, -0.15) is 0 Å². The van der Waals surface area contributed by atoms with Crippen LogP contribution < -0.4 is 10.9 Å². The summed E-state index contributed by atoms with van der Waals surface area (Å²) in [6.07, 6.45) is 0.0456. The highest BCUT2D eigenvalue weighted by atomic mass is 16.5. The lowest BCUT2D eigenvalue weighted by Crippen LogP contribution is -2.19. The first-order chi connectivity index (χ1) is 10.5. The van der Waals surface area contributed by atoms with Crippen molar-refractivity contribution in [3.05, 3.63) is 51.7 Å². The third-order valence-corrected chi connectivity index (χ3v) is 3.16. The third-order valence-electron chi connectivity index (χ3n) is 3.16. The highest BCUT2D eigenvalue weighted by Gasteiger charge is 2.13. The number of aromatic nitrogens is 3. The number of hydrogen-bond acceptors (Lipinski definition) is 5. The summed E-state index contributed by atoms with van der Waals surface area (Å²) >= 11 is 0. The van der Waals surface area contributed by atoms with Crippen LogP contribution in [-0.2, 0) is 11.2 Å². The molecule has 3 rings (SSSR count). The van der Waals surface area contributed by atoms with Gasteiger partial charge in [-0.25, -0.2) is 4.98 Å². The van der Waals surface area contributed by atoms with Gasteiger partial charge >= 0.3 is 0 Å². The number of nitrogens with one attached hydrogen (secondary N) is 2. The molecule has 0 bridgehead atoms. The second kappa shape index (κ2) is 5.44. The van der Waals surface area contributed by atoms with Gasteiger partial charge < -0.3 is 14.8 Å². The number of carbonyl (C=O) groups is 1. The number of H-pyrrole nitrogens is 1. The first kappa shape index (κ1) is 14.0.